The molecule has 0 amide bonds. The molecule has 1 fully saturated rings. The number of benzene rings is 1. The minimum atomic E-state index is -3.45. The normalized spacial score (nSPS) is 16.4. The summed E-state index contributed by atoms with van der Waals surface area (Å²) in [5, 5.41) is 4.81. The van der Waals surface area contributed by atoms with Crippen molar-refractivity contribution in [1.29, 1.82) is 0 Å². The predicted molar refractivity (Wildman–Crippen MR) is 78.0 cm³/mol. The summed E-state index contributed by atoms with van der Waals surface area (Å²) in [6.45, 7) is 2.65. The zero-order valence-electron chi connectivity index (χ0n) is 11.9. The maximum Gasteiger partial charge on any atom is 0.243 e. The monoisotopic (exact) mass is 361 g/mol. The number of hydrogen-bond acceptors (Lipinski definition) is 4. The van der Waals surface area contributed by atoms with Gasteiger partial charge in [0.2, 0.25) is 10.0 Å². The molecule has 1 aromatic carbocycles. The molecule has 22 heavy (non-hydrogen) atoms. The maximum atomic E-state index is 12.8. The summed E-state index contributed by atoms with van der Waals surface area (Å²) in [5.74, 6) is 0. The van der Waals surface area contributed by atoms with Crippen LogP contribution in [-0.4, -0.2) is 43.9 Å². The molecule has 1 saturated heterocycles. The van der Waals surface area contributed by atoms with Crippen molar-refractivity contribution < 1.29 is 33.2 Å². The largest absolute Gasteiger partial charge is 1.00 e. The SMILES string of the molecule is O=S(=O)(c1cccc2cnccc12)N1CCCNCC1.[Cl-].[Cl-]. The van der Waals surface area contributed by atoms with Crippen LogP contribution < -0.4 is 30.1 Å². The maximum absolute atomic E-state index is 12.8. The minimum Gasteiger partial charge on any atom is -1.00 e. The van der Waals surface area contributed by atoms with Gasteiger partial charge >= 0.3 is 0 Å². The standard InChI is InChI=1S/C14H17N3O2S.2ClH/c18-20(19,17-9-2-6-15-8-10-17)14-4-1-3-12-11-16-7-5-13(12)14;;/h1,3-5,7,11,15H,2,6,8-10H2;2*1H/p-2. The second kappa shape index (κ2) is 8.08. The van der Waals surface area contributed by atoms with Gasteiger partial charge in [-0.25, -0.2) is 8.42 Å². The second-order valence-electron chi connectivity index (χ2n) is 4.86. The van der Waals surface area contributed by atoms with Crippen molar-refractivity contribution in [3.8, 4) is 0 Å². The van der Waals surface area contributed by atoms with Gasteiger partial charge in [0.05, 0.1) is 4.90 Å². The highest BCUT2D eigenvalue weighted by molar-refractivity contribution is 7.89. The Morgan fingerprint density at radius 2 is 1.91 bits per heavy atom. The molecule has 1 N–H and O–H groups in total. The van der Waals surface area contributed by atoms with E-state index in [1.54, 1.807) is 34.9 Å². The second-order valence-corrected chi connectivity index (χ2v) is 6.77. The molecule has 2 aromatic rings. The van der Waals surface area contributed by atoms with Gasteiger partial charge in [0.15, 0.2) is 0 Å². The fourth-order valence-electron chi connectivity index (χ4n) is 2.52. The number of nitrogens with zero attached hydrogens (tertiary/aromatic N) is 2. The highest BCUT2D eigenvalue weighted by Gasteiger charge is 2.26. The van der Waals surface area contributed by atoms with Gasteiger partial charge in [-0.1, -0.05) is 12.1 Å². The number of nitrogens with one attached hydrogen (secondary N) is 1. The Bertz CT molecular complexity index is 712. The third-order valence-corrected chi connectivity index (χ3v) is 5.51. The van der Waals surface area contributed by atoms with Crippen molar-refractivity contribution in [2.45, 2.75) is 11.3 Å². The van der Waals surface area contributed by atoms with E-state index in [0.29, 0.717) is 24.5 Å². The molecule has 122 valence electrons. The molecule has 0 bridgehead atoms. The number of halogens is 2. The van der Waals surface area contributed by atoms with Gasteiger partial charge in [-0.05, 0) is 25.1 Å². The number of hydrogen-bond donors (Lipinski definition) is 1. The van der Waals surface area contributed by atoms with Crippen LogP contribution in [0.3, 0.4) is 0 Å². The number of aromatic nitrogens is 1. The fourth-order valence-corrected chi connectivity index (χ4v) is 4.21. The van der Waals surface area contributed by atoms with E-state index in [-0.39, 0.29) is 24.8 Å². The first kappa shape index (κ1) is 19.1. The average molecular weight is 362 g/mol. The van der Waals surface area contributed by atoms with Crippen LogP contribution in [0, 0.1) is 0 Å². The van der Waals surface area contributed by atoms with Crippen LogP contribution in [0.15, 0.2) is 41.6 Å². The number of pyridine rings is 1. The molecule has 5 nitrogen and oxygen atoms in total. The lowest BCUT2D eigenvalue weighted by Crippen LogP contribution is -3.00. The number of sulfonamides is 1. The van der Waals surface area contributed by atoms with E-state index in [1.807, 2.05) is 6.07 Å². The topological polar surface area (TPSA) is 62.3 Å². The van der Waals surface area contributed by atoms with Crippen molar-refractivity contribution in [1.82, 2.24) is 14.6 Å². The van der Waals surface area contributed by atoms with Crippen molar-refractivity contribution >= 4 is 20.8 Å². The highest BCUT2D eigenvalue weighted by atomic mass is 35.5. The third kappa shape index (κ3) is 3.70. The molecule has 8 heteroatoms. The van der Waals surface area contributed by atoms with E-state index in [0.717, 1.165) is 23.7 Å². The highest BCUT2D eigenvalue weighted by Crippen LogP contribution is 2.25. The summed E-state index contributed by atoms with van der Waals surface area (Å²) < 4.78 is 27.2. The summed E-state index contributed by atoms with van der Waals surface area (Å²) in [5.41, 5.74) is 0. The van der Waals surface area contributed by atoms with Gasteiger partial charge in [0.1, 0.15) is 0 Å². The zero-order chi connectivity index (χ0) is 14.0. The number of rotatable bonds is 2. The smallest absolute Gasteiger partial charge is 0.243 e. The fraction of sp³-hybridized carbons (Fsp3) is 0.357. The molecule has 2 heterocycles. The quantitative estimate of drug-likeness (QED) is 0.583. The van der Waals surface area contributed by atoms with Crippen LogP contribution in [0.25, 0.3) is 10.8 Å². The van der Waals surface area contributed by atoms with Gasteiger partial charge in [0, 0.05) is 42.8 Å². The minimum absolute atomic E-state index is 0. The molecule has 0 atom stereocenters. The lowest BCUT2D eigenvalue weighted by molar-refractivity contribution is -0.001000. The summed E-state index contributed by atoms with van der Waals surface area (Å²) >= 11 is 0. The van der Waals surface area contributed by atoms with Crippen LogP contribution in [0.5, 0.6) is 0 Å². The predicted octanol–water partition coefficient (Wildman–Crippen LogP) is -4.77. The first-order chi connectivity index (χ1) is 9.69. The van der Waals surface area contributed by atoms with Gasteiger partial charge in [-0.15, -0.1) is 0 Å². The van der Waals surface area contributed by atoms with Crippen LogP contribution in [0.1, 0.15) is 6.42 Å². The summed E-state index contributed by atoms with van der Waals surface area (Å²) in [4.78, 5) is 4.42. The molecular formula is C14H17Cl2N3O2S-2. The Labute approximate surface area is 143 Å². The van der Waals surface area contributed by atoms with Crippen LogP contribution in [0.2, 0.25) is 0 Å². The Morgan fingerprint density at radius 3 is 2.73 bits per heavy atom. The first-order valence-corrected chi connectivity index (χ1v) is 8.17. The summed E-state index contributed by atoms with van der Waals surface area (Å²) in [6.07, 6.45) is 4.16. The molecular weight excluding hydrogens is 345 g/mol. The molecule has 0 saturated carbocycles. The molecule has 3 rings (SSSR count). The Kier molecular flexibility index (Phi) is 7.02. The van der Waals surface area contributed by atoms with E-state index in [9.17, 15) is 8.42 Å². The molecule has 1 aromatic heterocycles. The van der Waals surface area contributed by atoms with E-state index >= 15 is 0 Å². The van der Waals surface area contributed by atoms with Gasteiger partial charge < -0.3 is 30.1 Å². The Balaban J connectivity index is 0.00000121. The first-order valence-electron chi connectivity index (χ1n) is 6.73. The molecule has 0 spiro atoms. The summed E-state index contributed by atoms with van der Waals surface area (Å²) in [7, 11) is -3.45. The molecule has 1 aliphatic rings. The van der Waals surface area contributed by atoms with E-state index in [2.05, 4.69) is 10.3 Å². The van der Waals surface area contributed by atoms with Gasteiger partial charge in [0.25, 0.3) is 0 Å². The number of fused-ring (bicyclic) bond motifs is 1. The van der Waals surface area contributed by atoms with Crippen LogP contribution in [-0.2, 0) is 10.0 Å². The van der Waals surface area contributed by atoms with Gasteiger partial charge in [-0.2, -0.15) is 4.31 Å². The van der Waals surface area contributed by atoms with Crippen molar-refractivity contribution in [3.05, 3.63) is 36.7 Å². The molecule has 1 aliphatic heterocycles. The molecule has 0 aliphatic carbocycles. The van der Waals surface area contributed by atoms with E-state index < -0.39 is 10.0 Å². The summed E-state index contributed by atoms with van der Waals surface area (Å²) in [6, 6.07) is 7.09. The lowest BCUT2D eigenvalue weighted by atomic mass is 10.2. The molecule has 0 radical (unpaired) electrons. The van der Waals surface area contributed by atoms with Crippen molar-refractivity contribution in [2.75, 3.05) is 26.2 Å². The Hall–Kier alpha value is -0.920. The molecule has 0 unspecified atom stereocenters. The third-order valence-electron chi connectivity index (χ3n) is 3.56. The van der Waals surface area contributed by atoms with Gasteiger partial charge in [-0.3, -0.25) is 4.98 Å². The average Bonchev–Trinajstić information content (AvgIpc) is 2.76. The van der Waals surface area contributed by atoms with Crippen molar-refractivity contribution in [3.63, 3.8) is 0 Å². The Morgan fingerprint density at radius 1 is 1.09 bits per heavy atom. The van der Waals surface area contributed by atoms with E-state index in [1.165, 1.54) is 0 Å². The zero-order valence-corrected chi connectivity index (χ0v) is 14.2. The van der Waals surface area contributed by atoms with Crippen LogP contribution in [0.4, 0.5) is 0 Å². The van der Waals surface area contributed by atoms with Crippen LogP contribution >= 0.6 is 0 Å². The van der Waals surface area contributed by atoms with E-state index in [4.69, 9.17) is 0 Å². The lowest BCUT2D eigenvalue weighted by Gasteiger charge is -2.20. The van der Waals surface area contributed by atoms with Crippen molar-refractivity contribution in [2.24, 2.45) is 0 Å².